The maximum atomic E-state index is 12.4. The van der Waals surface area contributed by atoms with Crippen LogP contribution in [0.3, 0.4) is 0 Å². The molecule has 0 bridgehead atoms. The maximum Gasteiger partial charge on any atom is 0.279 e. The fourth-order valence-electron chi connectivity index (χ4n) is 1.91. The molecule has 0 spiro atoms. The lowest BCUT2D eigenvalue weighted by atomic mass is 10.1. The molecule has 3 rings (SSSR count). The van der Waals surface area contributed by atoms with Crippen molar-refractivity contribution in [3.63, 3.8) is 0 Å². The second kappa shape index (κ2) is 4.86. The zero-order valence-electron chi connectivity index (χ0n) is 10.1. The fraction of sp³-hybridized carbons (Fsp3) is 0. The Kier molecular flexibility index (Phi) is 2.90. The summed E-state index contributed by atoms with van der Waals surface area (Å²) in [5.74, 6) is 0. The van der Waals surface area contributed by atoms with Gasteiger partial charge in [-0.15, -0.1) is 0 Å². The smallest absolute Gasteiger partial charge is 0.267 e. The van der Waals surface area contributed by atoms with Crippen molar-refractivity contribution in [2.75, 3.05) is 0 Å². The van der Waals surface area contributed by atoms with Crippen LogP contribution in [0.5, 0.6) is 0 Å². The summed E-state index contributed by atoms with van der Waals surface area (Å²) >= 11 is 0. The lowest BCUT2D eigenvalue weighted by Gasteiger charge is -2.06. The van der Waals surface area contributed by atoms with Gasteiger partial charge in [-0.2, -0.15) is 9.78 Å². The van der Waals surface area contributed by atoms with Crippen LogP contribution in [0.2, 0.25) is 0 Å². The van der Waals surface area contributed by atoms with Gasteiger partial charge in [-0.05, 0) is 23.8 Å². The van der Waals surface area contributed by atoms with E-state index >= 15 is 0 Å². The number of benzene rings is 1. The zero-order chi connectivity index (χ0) is 13.1. The molecule has 2 heterocycles. The zero-order valence-corrected chi connectivity index (χ0v) is 10.1. The van der Waals surface area contributed by atoms with Gasteiger partial charge < -0.3 is 0 Å². The summed E-state index contributed by atoms with van der Waals surface area (Å²) in [6.07, 6.45) is 4.90. The van der Waals surface area contributed by atoms with Gasteiger partial charge in [0.15, 0.2) is 0 Å². The molecule has 3 aromatic rings. The minimum Gasteiger partial charge on any atom is -0.267 e. The van der Waals surface area contributed by atoms with E-state index in [0.29, 0.717) is 11.3 Å². The Hall–Kier alpha value is -2.75. The second-order valence-corrected chi connectivity index (χ2v) is 4.04. The Labute approximate surface area is 110 Å². The standard InChI is InChI=1S/C15H11N3O/c19-15-14(12-5-2-1-3-6-12)8-10-17-18(15)13-7-4-9-16-11-13/h1-11H. The maximum absolute atomic E-state index is 12.4. The molecule has 0 fully saturated rings. The summed E-state index contributed by atoms with van der Waals surface area (Å²) in [6, 6.07) is 14.9. The first-order chi connectivity index (χ1) is 9.36. The number of rotatable bonds is 2. The van der Waals surface area contributed by atoms with Gasteiger partial charge >= 0.3 is 0 Å². The SMILES string of the molecule is O=c1c(-c2ccccc2)ccnn1-c1cccnc1. The quantitative estimate of drug-likeness (QED) is 0.700. The highest BCUT2D eigenvalue weighted by atomic mass is 16.1. The first-order valence-electron chi connectivity index (χ1n) is 5.90. The Morgan fingerprint density at radius 2 is 1.74 bits per heavy atom. The molecule has 0 aliphatic carbocycles. The number of pyridine rings is 1. The summed E-state index contributed by atoms with van der Waals surface area (Å²) in [7, 11) is 0. The Morgan fingerprint density at radius 3 is 2.47 bits per heavy atom. The molecular weight excluding hydrogens is 238 g/mol. The predicted molar refractivity (Wildman–Crippen MR) is 73.1 cm³/mol. The van der Waals surface area contributed by atoms with E-state index in [0.717, 1.165) is 5.56 Å². The molecule has 0 amide bonds. The van der Waals surface area contributed by atoms with Crippen molar-refractivity contribution in [2.45, 2.75) is 0 Å². The highest BCUT2D eigenvalue weighted by Crippen LogP contribution is 2.14. The van der Waals surface area contributed by atoms with Gasteiger partial charge in [0.25, 0.3) is 5.56 Å². The lowest BCUT2D eigenvalue weighted by molar-refractivity contribution is 0.805. The first-order valence-corrected chi connectivity index (χ1v) is 5.90. The van der Waals surface area contributed by atoms with Gasteiger partial charge in [0.05, 0.1) is 17.4 Å². The van der Waals surface area contributed by atoms with Gasteiger partial charge in [0, 0.05) is 12.4 Å². The number of nitrogens with zero attached hydrogens (tertiary/aromatic N) is 3. The molecule has 92 valence electrons. The van der Waals surface area contributed by atoms with Crippen LogP contribution in [0.1, 0.15) is 0 Å². The molecule has 0 aliphatic rings. The van der Waals surface area contributed by atoms with E-state index < -0.39 is 0 Å². The molecule has 4 heteroatoms. The third-order valence-corrected chi connectivity index (χ3v) is 2.82. The van der Waals surface area contributed by atoms with Crippen LogP contribution >= 0.6 is 0 Å². The van der Waals surface area contributed by atoms with E-state index in [1.165, 1.54) is 4.68 Å². The normalized spacial score (nSPS) is 10.3. The van der Waals surface area contributed by atoms with Gasteiger partial charge in [-0.3, -0.25) is 9.78 Å². The molecule has 4 nitrogen and oxygen atoms in total. The Bertz CT molecular complexity index is 675. The van der Waals surface area contributed by atoms with Crippen molar-refractivity contribution in [3.05, 3.63) is 77.5 Å². The van der Waals surface area contributed by atoms with E-state index in [9.17, 15) is 4.79 Å². The number of aromatic nitrogens is 3. The van der Waals surface area contributed by atoms with Gasteiger partial charge in [0.2, 0.25) is 0 Å². The number of hydrogen-bond donors (Lipinski definition) is 0. The second-order valence-electron chi connectivity index (χ2n) is 4.04. The van der Waals surface area contributed by atoms with Crippen LogP contribution in [0, 0.1) is 0 Å². The molecule has 1 aromatic carbocycles. The van der Waals surface area contributed by atoms with Crippen molar-refractivity contribution in [1.29, 1.82) is 0 Å². The Balaban J connectivity index is 2.18. The van der Waals surface area contributed by atoms with E-state index in [-0.39, 0.29) is 5.56 Å². The largest absolute Gasteiger partial charge is 0.279 e. The van der Waals surface area contributed by atoms with E-state index in [1.807, 2.05) is 30.3 Å². The van der Waals surface area contributed by atoms with Crippen LogP contribution in [0.25, 0.3) is 16.8 Å². The summed E-state index contributed by atoms with van der Waals surface area (Å²) in [4.78, 5) is 16.4. The van der Waals surface area contributed by atoms with Crippen molar-refractivity contribution in [2.24, 2.45) is 0 Å². The molecule has 2 aromatic heterocycles. The van der Waals surface area contributed by atoms with Crippen LogP contribution in [-0.2, 0) is 0 Å². The number of hydrogen-bond acceptors (Lipinski definition) is 3. The molecule has 0 saturated heterocycles. The van der Waals surface area contributed by atoms with E-state index in [1.54, 1.807) is 36.8 Å². The van der Waals surface area contributed by atoms with Crippen LogP contribution in [0.4, 0.5) is 0 Å². The summed E-state index contributed by atoms with van der Waals surface area (Å²) in [6.45, 7) is 0. The van der Waals surface area contributed by atoms with Gasteiger partial charge in [0.1, 0.15) is 0 Å². The Morgan fingerprint density at radius 1 is 0.895 bits per heavy atom. The summed E-state index contributed by atoms with van der Waals surface area (Å²) in [5, 5.41) is 4.10. The predicted octanol–water partition coefficient (Wildman–Crippen LogP) is 2.29. The fourth-order valence-corrected chi connectivity index (χ4v) is 1.91. The summed E-state index contributed by atoms with van der Waals surface area (Å²) in [5.41, 5.74) is 2.01. The molecule has 0 N–H and O–H groups in total. The topological polar surface area (TPSA) is 47.8 Å². The van der Waals surface area contributed by atoms with Crippen molar-refractivity contribution in [1.82, 2.24) is 14.8 Å². The third-order valence-electron chi connectivity index (χ3n) is 2.82. The lowest BCUT2D eigenvalue weighted by Crippen LogP contribution is -2.22. The third kappa shape index (κ3) is 2.15. The first kappa shape index (κ1) is 11.3. The van der Waals surface area contributed by atoms with Crippen LogP contribution < -0.4 is 5.56 Å². The van der Waals surface area contributed by atoms with Crippen molar-refractivity contribution < 1.29 is 0 Å². The molecule has 0 aliphatic heterocycles. The van der Waals surface area contributed by atoms with E-state index in [4.69, 9.17) is 0 Å². The van der Waals surface area contributed by atoms with Gasteiger partial charge in [-0.1, -0.05) is 30.3 Å². The van der Waals surface area contributed by atoms with Crippen LogP contribution in [0.15, 0.2) is 71.9 Å². The minimum atomic E-state index is -0.151. The highest BCUT2D eigenvalue weighted by molar-refractivity contribution is 5.62. The van der Waals surface area contributed by atoms with Crippen molar-refractivity contribution in [3.8, 4) is 16.8 Å². The monoisotopic (exact) mass is 249 g/mol. The van der Waals surface area contributed by atoms with Crippen LogP contribution in [-0.4, -0.2) is 14.8 Å². The molecule has 0 radical (unpaired) electrons. The average molecular weight is 249 g/mol. The molecule has 19 heavy (non-hydrogen) atoms. The summed E-state index contributed by atoms with van der Waals surface area (Å²) < 4.78 is 1.36. The molecule has 0 saturated carbocycles. The van der Waals surface area contributed by atoms with E-state index in [2.05, 4.69) is 10.1 Å². The van der Waals surface area contributed by atoms with Crippen molar-refractivity contribution >= 4 is 0 Å². The average Bonchev–Trinajstić information content (AvgIpc) is 2.49. The minimum absolute atomic E-state index is 0.151. The highest BCUT2D eigenvalue weighted by Gasteiger charge is 2.07. The molecule has 0 atom stereocenters. The molecule has 0 unspecified atom stereocenters. The van der Waals surface area contributed by atoms with Gasteiger partial charge in [-0.25, -0.2) is 0 Å². The molecular formula is C15H11N3O.